The quantitative estimate of drug-likeness (QED) is 0.799. The van der Waals surface area contributed by atoms with E-state index in [-0.39, 0.29) is 17.2 Å². The first-order valence-electron chi connectivity index (χ1n) is 6.82. The summed E-state index contributed by atoms with van der Waals surface area (Å²) in [4.78, 5) is 37.2. The molecule has 8 heteroatoms. The van der Waals surface area contributed by atoms with Crippen LogP contribution in [0, 0.1) is 6.92 Å². The van der Waals surface area contributed by atoms with Crippen LogP contribution in [0.25, 0.3) is 0 Å². The molecule has 0 bridgehead atoms. The summed E-state index contributed by atoms with van der Waals surface area (Å²) in [5.41, 5.74) is 0.378. The number of thioether (sulfide) groups is 1. The van der Waals surface area contributed by atoms with E-state index in [9.17, 15) is 19.5 Å². The van der Waals surface area contributed by atoms with Gasteiger partial charge in [-0.15, -0.1) is 11.8 Å². The molecule has 3 rings (SSSR count). The lowest BCUT2D eigenvalue weighted by atomic mass is 9.96. The van der Waals surface area contributed by atoms with Crippen molar-refractivity contribution in [2.45, 2.75) is 43.0 Å². The number of carboxylic acids is 1. The molecule has 2 aliphatic heterocycles. The number of rotatable bonds is 3. The number of nitrogens with one attached hydrogen (secondary N) is 1. The van der Waals surface area contributed by atoms with Gasteiger partial charge in [0, 0.05) is 4.75 Å². The Balaban J connectivity index is 1.77. The van der Waals surface area contributed by atoms with Crippen molar-refractivity contribution in [2.75, 3.05) is 0 Å². The van der Waals surface area contributed by atoms with Gasteiger partial charge in [0.1, 0.15) is 23.2 Å². The largest absolute Gasteiger partial charge is 0.480 e. The van der Waals surface area contributed by atoms with Crippen molar-refractivity contribution in [1.82, 2.24) is 10.2 Å². The number of carboxylic acid groups (broad SMARTS) is 1. The van der Waals surface area contributed by atoms with Gasteiger partial charge in [0.15, 0.2) is 0 Å². The lowest BCUT2D eigenvalue weighted by Gasteiger charge is -2.43. The highest BCUT2D eigenvalue weighted by molar-refractivity contribution is 8.01. The van der Waals surface area contributed by atoms with Gasteiger partial charge in [-0.3, -0.25) is 9.59 Å². The van der Waals surface area contributed by atoms with Crippen molar-refractivity contribution in [2.24, 2.45) is 0 Å². The normalized spacial score (nSPS) is 29.0. The maximum atomic E-state index is 12.2. The molecule has 0 aromatic carbocycles. The van der Waals surface area contributed by atoms with E-state index in [0.717, 1.165) is 0 Å². The second kappa shape index (κ2) is 4.77. The molecular weight excluding hydrogens is 308 g/mol. The number of furan rings is 1. The lowest BCUT2D eigenvalue weighted by Crippen LogP contribution is -2.70. The molecular formula is C14H16N2O5S. The molecule has 0 spiro atoms. The molecule has 2 amide bonds. The summed E-state index contributed by atoms with van der Waals surface area (Å²) >= 11 is 1.40. The van der Waals surface area contributed by atoms with Gasteiger partial charge in [-0.05, 0) is 26.8 Å². The summed E-state index contributed by atoms with van der Waals surface area (Å²) in [6, 6.07) is -0.0357. The topological polar surface area (TPSA) is 99.9 Å². The Morgan fingerprint density at radius 1 is 1.45 bits per heavy atom. The number of amides is 2. The summed E-state index contributed by atoms with van der Waals surface area (Å²) in [7, 11) is 0. The number of hydrogen-bond acceptors (Lipinski definition) is 5. The maximum Gasteiger partial charge on any atom is 0.327 e. The zero-order valence-electron chi connectivity index (χ0n) is 12.3. The summed E-state index contributed by atoms with van der Waals surface area (Å²) < 4.78 is 4.47. The van der Waals surface area contributed by atoms with Gasteiger partial charge in [0.2, 0.25) is 5.91 Å². The Morgan fingerprint density at radius 2 is 2.14 bits per heavy atom. The van der Waals surface area contributed by atoms with Gasteiger partial charge in [-0.2, -0.15) is 0 Å². The minimum Gasteiger partial charge on any atom is -0.480 e. The van der Waals surface area contributed by atoms with Crippen molar-refractivity contribution in [1.29, 1.82) is 0 Å². The zero-order valence-corrected chi connectivity index (χ0v) is 13.1. The predicted octanol–water partition coefficient (Wildman–Crippen LogP) is 0.833. The fraction of sp³-hybridized carbons (Fsp3) is 0.500. The molecule has 7 nitrogen and oxygen atoms in total. The summed E-state index contributed by atoms with van der Waals surface area (Å²) in [6.07, 6.45) is 1.41. The summed E-state index contributed by atoms with van der Waals surface area (Å²) in [6.45, 7) is 5.25. The number of nitrogens with zero attached hydrogens (tertiary/aromatic N) is 1. The molecule has 3 atom stereocenters. The molecule has 0 aliphatic carbocycles. The Labute approximate surface area is 131 Å². The van der Waals surface area contributed by atoms with Crippen LogP contribution in [0.2, 0.25) is 0 Å². The second-order valence-corrected chi connectivity index (χ2v) is 7.71. The highest BCUT2D eigenvalue weighted by Gasteiger charge is 2.64. The van der Waals surface area contributed by atoms with Gasteiger partial charge < -0.3 is 19.7 Å². The molecule has 0 saturated carbocycles. The van der Waals surface area contributed by atoms with Crippen LogP contribution in [-0.4, -0.2) is 50.0 Å². The van der Waals surface area contributed by atoms with Crippen LogP contribution in [0.4, 0.5) is 0 Å². The molecule has 2 saturated heterocycles. The molecule has 1 aromatic rings. The van der Waals surface area contributed by atoms with Crippen LogP contribution in [0.5, 0.6) is 0 Å². The summed E-state index contributed by atoms with van der Waals surface area (Å²) in [5, 5.41) is 11.7. The minimum absolute atomic E-state index is 0.347. The van der Waals surface area contributed by atoms with E-state index in [0.29, 0.717) is 11.3 Å². The fourth-order valence-corrected chi connectivity index (χ4v) is 4.61. The third-order valence-corrected chi connectivity index (χ3v) is 5.64. The highest BCUT2D eigenvalue weighted by atomic mass is 32.2. The average Bonchev–Trinajstić information content (AvgIpc) is 2.95. The van der Waals surface area contributed by atoms with Crippen molar-refractivity contribution in [3.05, 3.63) is 23.7 Å². The monoisotopic (exact) mass is 324 g/mol. The number of aliphatic carboxylic acids is 1. The standard InChI is InChI=1S/C14H16N2O5S/c1-6-7(4-5-21-6)10(17)15-8-11(18)16-9(13(19)20)14(2,3)22-12(8)16/h4-5,8-9,12H,1-3H3,(H,15,17)(H,19,20). The number of fused-ring (bicyclic) bond motifs is 1. The first-order valence-corrected chi connectivity index (χ1v) is 7.70. The van der Waals surface area contributed by atoms with Crippen molar-refractivity contribution >= 4 is 29.5 Å². The van der Waals surface area contributed by atoms with Gasteiger partial charge in [-0.25, -0.2) is 4.79 Å². The molecule has 0 radical (unpaired) electrons. The molecule has 3 heterocycles. The first-order chi connectivity index (χ1) is 10.2. The van der Waals surface area contributed by atoms with Crippen molar-refractivity contribution in [3.63, 3.8) is 0 Å². The van der Waals surface area contributed by atoms with Crippen LogP contribution in [0.3, 0.4) is 0 Å². The van der Waals surface area contributed by atoms with Crippen LogP contribution < -0.4 is 5.32 Å². The number of aryl methyl sites for hydroxylation is 1. The van der Waals surface area contributed by atoms with Crippen molar-refractivity contribution in [3.8, 4) is 0 Å². The molecule has 3 unspecified atom stereocenters. The van der Waals surface area contributed by atoms with Gasteiger partial charge in [0.25, 0.3) is 5.91 Å². The predicted molar refractivity (Wildman–Crippen MR) is 78.4 cm³/mol. The van der Waals surface area contributed by atoms with E-state index in [1.807, 2.05) is 0 Å². The Bertz CT molecular complexity index is 668. The van der Waals surface area contributed by atoms with Gasteiger partial charge >= 0.3 is 5.97 Å². The maximum absolute atomic E-state index is 12.2. The van der Waals surface area contributed by atoms with E-state index >= 15 is 0 Å². The number of carbonyl (C=O) groups excluding carboxylic acids is 2. The molecule has 2 fully saturated rings. The fourth-order valence-electron chi connectivity index (χ4n) is 2.98. The van der Waals surface area contributed by atoms with Crippen molar-refractivity contribution < 1.29 is 23.9 Å². The second-order valence-electron chi connectivity index (χ2n) is 5.94. The lowest BCUT2D eigenvalue weighted by molar-refractivity contribution is -0.159. The smallest absolute Gasteiger partial charge is 0.327 e. The van der Waals surface area contributed by atoms with Crippen LogP contribution in [0.1, 0.15) is 30.0 Å². The van der Waals surface area contributed by atoms with Gasteiger partial charge in [0.05, 0.1) is 11.8 Å². The van der Waals surface area contributed by atoms with E-state index < -0.39 is 22.8 Å². The zero-order chi connectivity index (χ0) is 16.2. The number of carbonyl (C=O) groups is 3. The van der Waals surface area contributed by atoms with E-state index in [2.05, 4.69) is 5.32 Å². The van der Waals surface area contributed by atoms with Gasteiger partial charge in [-0.1, -0.05) is 0 Å². The van der Waals surface area contributed by atoms with E-state index in [1.165, 1.54) is 29.0 Å². The SMILES string of the molecule is Cc1occc1C(=O)NC1C(=O)N2C1SC(C)(C)C2C(=O)O. The first kappa shape index (κ1) is 15.0. The highest BCUT2D eigenvalue weighted by Crippen LogP contribution is 2.50. The Hall–Kier alpha value is -1.96. The molecule has 2 aliphatic rings. The minimum atomic E-state index is -1.02. The summed E-state index contributed by atoms with van der Waals surface area (Å²) in [5.74, 6) is -1.29. The van der Waals surface area contributed by atoms with E-state index in [4.69, 9.17) is 4.42 Å². The Morgan fingerprint density at radius 3 is 2.68 bits per heavy atom. The third-order valence-electron chi connectivity index (χ3n) is 4.06. The van der Waals surface area contributed by atoms with Crippen LogP contribution in [0.15, 0.2) is 16.7 Å². The molecule has 22 heavy (non-hydrogen) atoms. The Kier molecular flexibility index (Phi) is 3.24. The molecule has 2 N–H and O–H groups in total. The van der Waals surface area contributed by atoms with E-state index in [1.54, 1.807) is 20.8 Å². The van der Waals surface area contributed by atoms with Crippen LogP contribution in [-0.2, 0) is 9.59 Å². The number of β-lactam (4-membered cyclic amide) rings is 1. The molecule has 1 aromatic heterocycles. The van der Waals surface area contributed by atoms with Crippen LogP contribution >= 0.6 is 11.8 Å². The molecule has 118 valence electrons. The average molecular weight is 324 g/mol. The number of hydrogen-bond donors (Lipinski definition) is 2. The third kappa shape index (κ3) is 2.01.